The van der Waals surface area contributed by atoms with Crippen LogP contribution in [0.3, 0.4) is 0 Å². The van der Waals surface area contributed by atoms with Crippen LogP contribution >= 0.6 is 15.9 Å². The number of rotatable bonds is 8. The summed E-state index contributed by atoms with van der Waals surface area (Å²) in [5.41, 5.74) is 1.42. The zero-order valence-corrected chi connectivity index (χ0v) is 20.1. The van der Waals surface area contributed by atoms with Crippen molar-refractivity contribution in [2.75, 3.05) is 0 Å². The third-order valence-electron chi connectivity index (χ3n) is 5.04. The predicted molar refractivity (Wildman–Crippen MR) is 124 cm³/mol. The molecule has 0 aliphatic rings. The fourth-order valence-electron chi connectivity index (χ4n) is 3.06. The van der Waals surface area contributed by atoms with Crippen LogP contribution < -0.4 is 4.18 Å². The fourth-order valence-corrected chi connectivity index (χ4v) is 4.39. The van der Waals surface area contributed by atoms with Gasteiger partial charge in [0.2, 0.25) is 0 Å². The second-order valence-electron chi connectivity index (χ2n) is 7.34. The van der Waals surface area contributed by atoms with Crippen molar-refractivity contribution in [3.8, 4) is 5.75 Å². The topological polar surface area (TPSA) is 63.7 Å². The average molecular weight is 520 g/mol. The lowest BCUT2D eigenvalue weighted by Crippen LogP contribution is -2.37. The maximum absolute atomic E-state index is 13.1. The van der Waals surface area contributed by atoms with Gasteiger partial charge in [0.25, 0.3) is 5.91 Å². The quantitative estimate of drug-likeness (QED) is 0.353. The van der Waals surface area contributed by atoms with Crippen molar-refractivity contribution in [1.29, 1.82) is 0 Å². The molecule has 3 rings (SSSR count). The summed E-state index contributed by atoms with van der Waals surface area (Å²) in [4.78, 5) is 14.8. The molecule has 0 aliphatic heterocycles. The van der Waals surface area contributed by atoms with Crippen LogP contribution in [-0.4, -0.2) is 25.3 Å². The van der Waals surface area contributed by atoms with E-state index in [0.717, 1.165) is 40.7 Å². The minimum Gasteiger partial charge on any atom is -0.379 e. The van der Waals surface area contributed by atoms with Crippen LogP contribution in [0.5, 0.6) is 5.75 Å². The van der Waals surface area contributed by atoms with Gasteiger partial charge in [0.1, 0.15) is 16.5 Å². The molecule has 0 saturated heterocycles. The number of nitrogens with zero attached hydrogens (tertiary/aromatic N) is 1. The minimum absolute atomic E-state index is 0.0104. The smallest absolute Gasteiger partial charge is 0.339 e. The van der Waals surface area contributed by atoms with Gasteiger partial charge < -0.3 is 9.08 Å². The number of hydrogen-bond donors (Lipinski definition) is 0. The standard InChI is InChI=1S/C24H23BrFNO4S/c1-3-17(2)27(24(28)19-5-4-6-20(25)15-19)16-18-7-11-22(12-8-18)31-32(29,30)23-13-9-21(26)10-14-23/h4-15,17H,3,16H2,1-2H3. The zero-order valence-electron chi connectivity index (χ0n) is 17.7. The van der Waals surface area contributed by atoms with Gasteiger partial charge >= 0.3 is 10.1 Å². The highest BCUT2D eigenvalue weighted by molar-refractivity contribution is 9.10. The molecule has 0 fully saturated rings. The summed E-state index contributed by atoms with van der Waals surface area (Å²) in [6.45, 7) is 4.37. The van der Waals surface area contributed by atoms with Gasteiger partial charge in [0.05, 0.1) is 0 Å². The van der Waals surface area contributed by atoms with Gasteiger partial charge in [-0.1, -0.05) is 41.1 Å². The van der Waals surface area contributed by atoms with Gasteiger partial charge in [0, 0.05) is 22.6 Å². The van der Waals surface area contributed by atoms with Crippen molar-refractivity contribution in [2.45, 2.75) is 37.8 Å². The summed E-state index contributed by atoms with van der Waals surface area (Å²) in [6, 6.07) is 18.2. The summed E-state index contributed by atoms with van der Waals surface area (Å²) >= 11 is 3.40. The van der Waals surface area contributed by atoms with E-state index < -0.39 is 15.9 Å². The highest BCUT2D eigenvalue weighted by atomic mass is 79.9. The van der Waals surface area contributed by atoms with Crippen LogP contribution in [0.2, 0.25) is 0 Å². The Morgan fingerprint density at radius 2 is 1.72 bits per heavy atom. The molecule has 0 aromatic heterocycles. The first-order valence-electron chi connectivity index (χ1n) is 10.0. The summed E-state index contributed by atoms with van der Waals surface area (Å²) < 4.78 is 43.8. The first-order valence-corrected chi connectivity index (χ1v) is 12.2. The molecule has 1 atom stereocenters. The molecule has 32 heavy (non-hydrogen) atoms. The van der Waals surface area contributed by atoms with Crippen molar-refractivity contribution < 1.29 is 21.8 Å². The molecule has 8 heteroatoms. The Morgan fingerprint density at radius 1 is 1.06 bits per heavy atom. The van der Waals surface area contributed by atoms with Gasteiger partial charge in [-0.05, 0) is 73.5 Å². The Balaban J connectivity index is 1.76. The van der Waals surface area contributed by atoms with Crippen LogP contribution in [0.1, 0.15) is 36.2 Å². The lowest BCUT2D eigenvalue weighted by molar-refractivity contribution is 0.0671. The Bertz CT molecular complexity index is 1180. The SMILES string of the molecule is CCC(C)N(Cc1ccc(OS(=O)(=O)c2ccc(F)cc2)cc1)C(=O)c1cccc(Br)c1. The Labute approximate surface area is 196 Å². The molecule has 0 N–H and O–H groups in total. The van der Waals surface area contributed by atoms with Gasteiger partial charge in [-0.2, -0.15) is 8.42 Å². The van der Waals surface area contributed by atoms with E-state index in [9.17, 15) is 17.6 Å². The zero-order chi connectivity index (χ0) is 23.3. The monoisotopic (exact) mass is 519 g/mol. The highest BCUT2D eigenvalue weighted by Gasteiger charge is 2.21. The van der Waals surface area contributed by atoms with Crippen molar-refractivity contribution >= 4 is 32.0 Å². The summed E-state index contributed by atoms with van der Waals surface area (Å²) in [7, 11) is -4.07. The molecule has 1 unspecified atom stereocenters. The maximum Gasteiger partial charge on any atom is 0.339 e. The lowest BCUT2D eigenvalue weighted by Gasteiger charge is -2.29. The number of carbonyl (C=O) groups is 1. The molecule has 3 aromatic rings. The molecular weight excluding hydrogens is 497 g/mol. The molecule has 168 valence electrons. The van der Waals surface area contributed by atoms with E-state index in [1.54, 1.807) is 29.2 Å². The Hall–Kier alpha value is -2.71. The van der Waals surface area contributed by atoms with E-state index in [0.29, 0.717) is 12.1 Å². The molecule has 0 radical (unpaired) electrons. The van der Waals surface area contributed by atoms with Crippen molar-refractivity contribution in [1.82, 2.24) is 4.90 Å². The molecule has 1 amide bonds. The third kappa shape index (κ3) is 5.95. The minimum atomic E-state index is -4.07. The summed E-state index contributed by atoms with van der Waals surface area (Å²) in [5, 5.41) is 0. The molecular formula is C24H23BrFNO4S. The maximum atomic E-state index is 13.1. The van der Waals surface area contributed by atoms with E-state index in [1.165, 1.54) is 12.1 Å². The van der Waals surface area contributed by atoms with E-state index in [-0.39, 0.29) is 22.6 Å². The van der Waals surface area contributed by atoms with Crippen molar-refractivity contribution in [3.05, 3.63) is 94.2 Å². The van der Waals surface area contributed by atoms with E-state index in [2.05, 4.69) is 15.9 Å². The van der Waals surface area contributed by atoms with Gasteiger partial charge in [0.15, 0.2) is 0 Å². The van der Waals surface area contributed by atoms with Crippen LogP contribution in [0.4, 0.5) is 4.39 Å². The van der Waals surface area contributed by atoms with Crippen LogP contribution in [0.15, 0.2) is 82.2 Å². The van der Waals surface area contributed by atoms with Crippen molar-refractivity contribution in [2.24, 2.45) is 0 Å². The van der Waals surface area contributed by atoms with E-state index in [1.807, 2.05) is 26.0 Å². The number of benzene rings is 3. The van der Waals surface area contributed by atoms with Crippen molar-refractivity contribution in [3.63, 3.8) is 0 Å². The van der Waals surface area contributed by atoms with Gasteiger partial charge in [-0.25, -0.2) is 4.39 Å². The molecule has 0 spiro atoms. The first-order chi connectivity index (χ1) is 15.2. The molecule has 3 aromatic carbocycles. The third-order valence-corrected chi connectivity index (χ3v) is 6.79. The summed E-state index contributed by atoms with van der Waals surface area (Å²) in [5.74, 6) is -0.483. The molecule has 0 bridgehead atoms. The molecule has 0 heterocycles. The predicted octanol–water partition coefficient (Wildman–Crippen LogP) is 5.80. The van der Waals surface area contributed by atoms with Gasteiger partial charge in [-0.3, -0.25) is 4.79 Å². The number of hydrogen-bond acceptors (Lipinski definition) is 4. The van der Waals surface area contributed by atoms with Crippen LogP contribution in [0.25, 0.3) is 0 Å². The second kappa shape index (κ2) is 10.3. The average Bonchev–Trinajstić information content (AvgIpc) is 2.77. The number of carbonyl (C=O) groups excluding carboxylic acids is 1. The van der Waals surface area contributed by atoms with Crippen LogP contribution in [-0.2, 0) is 16.7 Å². The molecule has 5 nitrogen and oxygen atoms in total. The van der Waals surface area contributed by atoms with Crippen LogP contribution in [0, 0.1) is 5.82 Å². The van der Waals surface area contributed by atoms with E-state index in [4.69, 9.17) is 4.18 Å². The fraction of sp³-hybridized carbons (Fsp3) is 0.208. The Kier molecular flexibility index (Phi) is 7.69. The highest BCUT2D eigenvalue weighted by Crippen LogP contribution is 2.22. The lowest BCUT2D eigenvalue weighted by atomic mass is 10.1. The Morgan fingerprint density at radius 3 is 2.31 bits per heavy atom. The number of amides is 1. The second-order valence-corrected chi connectivity index (χ2v) is 9.80. The summed E-state index contributed by atoms with van der Waals surface area (Å²) in [6.07, 6.45) is 0.789. The largest absolute Gasteiger partial charge is 0.379 e. The first kappa shape index (κ1) is 23.9. The number of halogens is 2. The molecule has 0 saturated carbocycles. The van der Waals surface area contributed by atoms with E-state index >= 15 is 0 Å². The van der Waals surface area contributed by atoms with Gasteiger partial charge in [-0.15, -0.1) is 0 Å². The normalized spacial score (nSPS) is 12.2. The molecule has 0 aliphatic carbocycles.